The van der Waals surface area contributed by atoms with Crippen LogP contribution in [0.2, 0.25) is 0 Å². The number of nitrogens with one attached hydrogen (secondary N) is 2. The van der Waals surface area contributed by atoms with Crippen LogP contribution < -0.4 is 4.72 Å². The van der Waals surface area contributed by atoms with Crippen molar-refractivity contribution in [1.82, 2.24) is 20.1 Å². The van der Waals surface area contributed by atoms with Crippen molar-refractivity contribution in [2.24, 2.45) is 0 Å². The van der Waals surface area contributed by atoms with Gasteiger partial charge in [0.1, 0.15) is 0 Å². The lowest BCUT2D eigenvalue weighted by atomic mass is 11.0. The molecule has 0 aliphatic carbocycles. The normalized spacial score (nSPS) is 11.7. The SMILES string of the molecule is CNS(=O)(=O)c1cn[nH]n1. The highest BCUT2D eigenvalue weighted by Crippen LogP contribution is 1.97. The van der Waals surface area contributed by atoms with Gasteiger partial charge < -0.3 is 0 Å². The lowest BCUT2D eigenvalue weighted by molar-refractivity contribution is 0.584. The second kappa shape index (κ2) is 2.35. The molecule has 0 amide bonds. The van der Waals surface area contributed by atoms with E-state index in [0.29, 0.717) is 0 Å². The monoisotopic (exact) mass is 162 g/mol. The fourth-order valence-electron chi connectivity index (χ4n) is 0.425. The van der Waals surface area contributed by atoms with Crippen LogP contribution in [0.4, 0.5) is 0 Å². The quantitative estimate of drug-likeness (QED) is 0.566. The van der Waals surface area contributed by atoms with Crippen molar-refractivity contribution >= 4 is 10.0 Å². The molecule has 0 saturated carbocycles. The van der Waals surface area contributed by atoms with E-state index in [4.69, 9.17) is 0 Å². The molecule has 0 aliphatic heterocycles. The molecule has 0 spiro atoms. The molecule has 7 heteroatoms. The third-order valence-corrected chi connectivity index (χ3v) is 2.22. The number of nitrogens with zero attached hydrogens (tertiary/aromatic N) is 2. The zero-order valence-electron chi connectivity index (χ0n) is 5.20. The van der Waals surface area contributed by atoms with Gasteiger partial charge in [0.2, 0.25) is 5.03 Å². The van der Waals surface area contributed by atoms with E-state index in [1.54, 1.807) is 0 Å². The van der Waals surface area contributed by atoms with Crippen LogP contribution in [0.1, 0.15) is 0 Å². The van der Waals surface area contributed by atoms with E-state index in [1.807, 2.05) is 0 Å². The predicted molar refractivity (Wildman–Crippen MR) is 32.6 cm³/mol. The van der Waals surface area contributed by atoms with Gasteiger partial charge in [-0.1, -0.05) is 0 Å². The minimum atomic E-state index is -3.41. The Kier molecular flexibility index (Phi) is 1.68. The molecule has 0 bridgehead atoms. The Balaban J connectivity index is 3.09. The number of aromatic amines is 1. The van der Waals surface area contributed by atoms with Crippen molar-refractivity contribution in [3.05, 3.63) is 6.20 Å². The van der Waals surface area contributed by atoms with E-state index < -0.39 is 10.0 Å². The highest BCUT2D eigenvalue weighted by Gasteiger charge is 2.12. The van der Waals surface area contributed by atoms with Gasteiger partial charge in [-0.05, 0) is 7.05 Å². The zero-order chi connectivity index (χ0) is 7.61. The second-order valence-corrected chi connectivity index (χ2v) is 3.35. The van der Waals surface area contributed by atoms with Crippen LogP contribution in [-0.2, 0) is 10.0 Å². The fraction of sp³-hybridized carbons (Fsp3) is 0.333. The first-order chi connectivity index (χ1) is 4.67. The molecule has 1 heterocycles. The number of hydrogen-bond donors (Lipinski definition) is 2. The summed E-state index contributed by atoms with van der Waals surface area (Å²) in [4.78, 5) is 0. The predicted octanol–water partition coefficient (Wildman–Crippen LogP) is -1.29. The van der Waals surface area contributed by atoms with E-state index in [0.717, 1.165) is 6.20 Å². The topological polar surface area (TPSA) is 87.7 Å². The molecule has 6 nitrogen and oxygen atoms in total. The van der Waals surface area contributed by atoms with Crippen LogP contribution in [0.25, 0.3) is 0 Å². The van der Waals surface area contributed by atoms with Crippen molar-refractivity contribution < 1.29 is 8.42 Å². The van der Waals surface area contributed by atoms with Gasteiger partial charge in [0, 0.05) is 0 Å². The molecule has 1 aromatic rings. The molecule has 0 radical (unpaired) electrons. The smallest absolute Gasteiger partial charge is 0.213 e. The second-order valence-electron chi connectivity index (χ2n) is 1.52. The number of H-pyrrole nitrogens is 1. The first-order valence-electron chi connectivity index (χ1n) is 2.46. The van der Waals surface area contributed by atoms with E-state index in [9.17, 15) is 8.42 Å². The van der Waals surface area contributed by atoms with Gasteiger partial charge in [-0.3, -0.25) is 0 Å². The molecule has 0 fully saturated rings. The Morgan fingerprint density at radius 2 is 2.40 bits per heavy atom. The summed E-state index contributed by atoms with van der Waals surface area (Å²) in [6.45, 7) is 0. The third kappa shape index (κ3) is 1.14. The Morgan fingerprint density at radius 3 is 2.80 bits per heavy atom. The summed E-state index contributed by atoms with van der Waals surface area (Å²) in [5.74, 6) is 0. The van der Waals surface area contributed by atoms with Crippen LogP contribution in [0, 0.1) is 0 Å². The molecule has 1 aromatic heterocycles. The van der Waals surface area contributed by atoms with Crippen LogP contribution in [0.15, 0.2) is 11.2 Å². The summed E-state index contributed by atoms with van der Waals surface area (Å²) in [5, 5.41) is 8.80. The molecular formula is C3H6N4O2S. The standard InChI is InChI=1S/C3H6N4O2S/c1-4-10(8,9)3-2-5-7-6-3/h2,4H,1H3,(H,5,6,7). The summed E-state index contributed by atoms with van der Waals surface area (Å²) < 4.78 is 23.8. The van der Waals surface area contributed by atoms with E-state index in [2.05, 4.69) is 20.1 Å². The molecule has 0 atom stereocenters. The van der Waals surface area contributed by atoms with Gasteiger partial charge in [-0.2, -0.15) is 10.3 Å². The highest BCUT2D eigenvalue weighted by molar-refractivity contribution is 7.89. The largest absolute Gasteiger partial charge is 0.261 e. The van der Waals surface area contributed by atoms with Gasteiger partial charge in [0.05, 0.1) is 6.20 Å². The summed E-state index contributed by atoms with van der Waals surface area (Å²) in [6.07, 6.45) is 1.13. The summed E-state index contributed by atoms with van der Waals surface area (Å²) in [6, 6.07) is 0. The van der Waals surface area contributed by atoms with Crippen LogP contribution >= 0.6 is 0 Å². The third-order valence-electron chi connectivity index (χ3n) is 0.937. The maximum absolute atomic E-state index is 10.8. The summed E-state index contributed by atoms with van der Waals surface area (Å²) in [7, 11) is -2.10. The van der Waals surface area contributed by atoms with Crippen molar-refractivity contribution in [2.45, 2.75) is 5.03 Å². The Hall–Kier alpha value is -0.950. The van der Waals surface area contributed by atoms with E-state index in [1.165, 1.54) is 7.05 Å². The lowest BCUT2D eigenvalue weighted by Gasteiger charge is -1.92. The first kappa shape index (κ1) is 7.16. The molecular weight excluding hydrogens is 156 g/mol. The van der Waals surface area contributed by atoms with Crippen LogP contribution in [0.3, 0.4) is 0 Å². The molecule has 0 aromatic carbocycles. The van der Waals surface area contributed by atoms with E-state index in [-0.39, 0.29) is 5.03 Å². The van der Waals surface area contributed by atoms with Crippen molar-refractivity contribution in [3.8, 4) is 0 Å². The molecule has 10 heavy (non-hydrogen) atoms. The van der Waals surface area contributed by atoms with Crippen molar-refractivity contribution in [1.29, 1.82) is 0 Å². The number of aromatic nitrogens is 3. The van der Waals surface area contributed by atoms with Gasteiger partial charge in [-0.15, -0.1) is 5.10 Å². The Bertz CT molecular complexity index is 288. The fourth-order valence-corrected chi connectivity index (χ4v) is 0.987. The first-order valence-corrected chi connectivity index (χ1v) is 3.94. The summed E-state index contributed by atoms with van der Waals surface area (Å²) >= 11 is 0. The van der Waals surface area contributed by atoms with Crippen LogP contribution in [-0.4, -0.2) is 30.9 Å². The zero-order valence-corrected chi connectivity index (χ0v) is 6.01. The summed E-state index contributed by atoms with van der Waals surface area (Å²) in [5.41, 5.74) is 0. The van der Waals surface area contributed by atoms with Crippen molar-refractivity contribution in [2.75, 3.05) is 7.05 Å². The van der Waals surface area contributed by atoms with Gasteiger partial charge >= 0.3 is 0 Å². The average Bonchev–Trinajstić information content (AvgIpc) is 2.38. The molecule has 1 rings (SSSR count). The lowest BCUT2D eigenvalue weighted by Crippen LogP contribution is -2.18. The number of sulfonamides is 1. The van der Waals surface area contributed by atoms with Crippen LogP contribution in [0.5, 0.6) is 0 Å². The molecule has 0 saturated heterocycles. The molecule has 0 unspecified atom stereocenters. The van der Waals surface area contributed by atoms with E-state index >= 15 is 0 Å². The molecule has 2 N–H and O–H groups in total. The average molecular weight is 162 g/mol. The van der Waals surface area contributed by atoms with Crippen molar-refractivity contribution in [3.63, 3.8) is 0 Å². The maximum atomic E-state index is 10.8. The minimum Gasteiger partial charge on any atom is -0.213 e. The molecule has 56 valence electrons. The Labute approximate surface area is 57.7 Å². The van der Waals surface area contributed by atoms with Gasteiger partial charge in [0.25, 0.3) is 10.0 Å². The number of hydrogen-bond acceptors (Lipinski definition) is 4. The molecule has 0 aliphatic rings. The van der Waals surface area contributed by atoms with Gasteiger partial charge in [-0.25, -0.2) is 13.1 Å². The minimum absolute atomic E-state index is 0.102. The maximum Gasteiger partial charge on any atom is 0.261 e. The Morgan fingerprint density at radius 1 is 1.70 bits per heavy atom. The van der Waals surface area contributed by atoms with Gasteiger partial charge in [0.15, 0.2) is 0 Å². The number of rotatable bonds is 2. The highest BCUT2D eigenvalue weighted by atomic mass is 32.2.